The first-order chi connectivity index (χ1) is 12.1. The van der Waals surface area contributed by atoms with Crippen molar-refractivity contribution in [3.05, 3.63) is 66.2 Å². The first-order valence-electron chi connectivity index (χ1n) is 7.87. The van der Waals surface area contributed by atoms with Crippen molar-refractivity contribution >= 4 is 23.6 Å². The first-order valence-corrected chi connectivity index (χ1v) is 7.87. The van der Waals surface area contributed by atoms with Crippen molar-refractivity contribution in [3.8, 4) is 5.75 Å². The molecule has 130 valence electrons. The number of carbonyl (C=O) groups excluding carboxylic acids is 2. The lowest BCUT2D eigenvalue weighted by molar-refractivity contribution is -0.124. The molecule has 2 rings (SSSR count). The molecular weight excluding hydrogens is 320 g/mol. The molecule has 0 aromatic heterocycles. The number of rotatable bonds is 7. The molecule has 3 N–H and O–H groups in total. The highest BCUT2D eigenvalue weighted by atomic mass is 16.5. The third-order valence-corrected chi connectivity index (χ3v) is 3.43. The molecule has 1 atom stereocenters. The van der Waals surface area contributed by atoms with Crippen LogP contribution in [0.3, 0.4) is 0 Å². The summed E-state index contributed by atoms with van der Waals surface area (Å²) in [4.78, 5) is 23.6. The molecule has 0 aliphatic carbocycles. The molecule has 0 heterocycles. The molecule has 2 aromatic carbocycles. The number of nitrogens with one attached hydrogen (secondary N) is 2. The maximum absolute atomic E-state index is 12.5. The molecular formula is C19H20N2O4. The Balaban J connectivity index is 2.11. The van der Waals surface area contributed by atoms with E-state index in [1.165, 1.54) is 17.6 Å². The fourth-order valence-corrected chi connectivity index (χ4v) is 2.16. The van der Waals surface area contributed by atoms with Gasteiger partial charge in [0.15, 0.2) is 6.10 Å². The molecule has 0 aliphatic heterocycles. The van der Waals surface area contributed by atoms with Gasteiger partial charge in [-0.1, -0.05) is 43.3 Å². The van der Waals surface area contributed by atoms with E-state index in [9.17, 15) is 9.59 Å². The Hall–Kier alpha value is -3.12. The lowest BCUT2D eigenvalue weighted by Crippen LogP contribution is -2.32. The number of anilines is 1. The molecule has 0 saturated heterocycles. The molecule has 6 nitrogen and oxygen atoms in total. The average molecular weight is 340 g/mol. The monoisotopic (exact) mass is 340 g/mol. The van der Waals surface area contributed by atoms with E-state index in [0.717, 1.165) is 0 Å². The minimum Gasteiger partial charge on any atom is -0.481 e. The number of amides is 2. The number of para-hydroxylation sites is 2. The fourth-order valence-electron chi connectivity index (χ4n) is 2.16. The number of benzene rings is 2. The lowest BCUT2D eigenvalue weighted by atomic mass is 10.1. The van der Waals surface area contributed by atoms with E-state index in [0.29, 0.717) is 23.4 Å². The zero-order valence-corrected chi connectivity index (χ0v) is 13.8. The van der Waals surface area contributed by atoms with E-state index in [4.69, 9.17) is 9.94 Å². The van der Waals surface area contributed by atoms with E-state index in [-0.39, 0.29) is 5.91 Å². The summed E-state index contributed by atoms with van der Waals surface area (Å²) in [6, 6.07) is 16.2. The van der Waals surface area contributed by atoms with E-state index in [1.807, 2.05) is 25.1 Å². The Morgan fingerprint density at radius 2 is 1.80 bits per heavy atom. The largest absolute Gasteiger partial charge is 0.481 e. The molecule has 0 saturated carbocycles. The number of carbonyl (C=O) groups is 2. The Bertz CT molecular complexity index is 744. The Labute approximate surface area is 146 Å². The van der Waals surface area contributed by atoms with Gasteiger partial charge in [-0.25, -0.2) is 5.48 Å². The molecule has 0 aliphatic rings. The van der Waals surface area contributed by atoms with E-state index in [1.54, 1.807) is 36.4 Å². The van der Waals surface area contributed by atoms with Crippen LogP contribution in [-0.2, 0) is 9.59 Å². The van der Waals surface area contributed by atoms with Crippen LogP contribution in [0.1, 0.15) is 18.9 Å². The first kappa shape index (κ1) is 18.2. The van der Waals surface area contributed by atoms with Crippen LogP contribution in [-0.4, -0.2) is 23.1 Å². The Morgan fingerprint density at radius 3 is 2.48 bits per heavy atom. The maximum Gasteiger partial charge on any atom is 0.267 e. The number of hydrogen-bond donors (Lipinski definition) is 3. The lowest BCUT2D eigenvalue weighted by Gasteiger charge is -2.18. The van der Waals surface area contributed by atoms with Gasteiger partial charge in [-0.3, -0.25) is 14.8 Å². The second-order valence-electron chi connectivity index (χ2n) is 5.21. The van der Waals surface area contributed by atoms with Crippen molar-refractivity contribution in [2.45, 2.75) is 19.4 Å². The van der Waals surface area contributed by atoms with Crippen LogP contribution in [0.4, 0.5) is 5.69 Å². The summed E-state index contributed by atoms with van der Waals surface area (Å²) in [5, 5.41) is 11.3. The van der Waals surface area contributed by atoms with Gasteiger partial charge in [-0.05, 0) is 36.3 Å². The standard InChI is InChI=1S/C19H20N2O4/c1-2-17(25-15-9-4-3-5-10-15)19(23)20-16-11-7-6-8-14(16)12-13-18(22)21-24/h3-13,17,24H,2H2,1H3,(H,20,23)(H,21,22)/b13-12+. The van der Waals surface area contributed by atoms with Gasteiger partial charge >= 0.3 is 0 Å². The van der Waals surface area contributed by atoms with E-state index < -0.39 is 12.0 Å². The molecule has 0 bridgehead atoms. The quantitative estimate of drug-likeness (QED) is 0.411. The zero-order valence-electron chi connectivity index (χ0n) is 13.8. The summed E-state index contributed by atoms with van der Waals surface area (Å²) in [5.74, 6) is -0.309. The van der Waals surface area contributed by atoms with E-state index >= 15 is 0 Å². The second-order valence-corrected chi connectivity index (χ2v) is 5.21. The topological polar surface area (TPSA) is 87.7 Å². The molecule has 0 fully saturated rings. The normalized spacial score (nSPS) is 11.8. The van der Waals surface area contributed by atoms with Crippen LogP contribution in [0.2, 0.25) is 0 Å². The number of ether oxygens (including phenoxy) is 1. The molecule has 0 radical (unpaired) electrons. The molecule has 2 aromatic rings. The highest BCUT2D eigenvalue weighted by molar-refractivity contribution is 5.97. The third kappa shape index (κ3) is 5.47. The molecule has 1 unspecified atom stereocenters. The predicted molar refractivity (Wildman–Crippen MR) is 95.2 cm³/mol. The van der Waals surface area contributed by atoms with Crippen LogP contribution in [0.5, 0.6) is 5.75 Å². The van der Waals surface area contributed by atoms with Gasteiger partial charge < -0.3 is 10.1 Å². The average Bonchev–Trinajstić information content (AvgIpc) is 2.65. The van der Waals surface area contributed by atoms with Crippen molar-refractivity contribution in [2.24, 2.45) is 0 Å². The second kappa shape index (κ2) is 9.24. The summed E-state index contributed by atoms with van der Waals surface area (Å²) in [6.07, 6.45) is 2.54. The van der Waals surface area contributed by atoms with Gasteiger partial charge in [0.2, 0.25) is 0 Å². The van der Waals surface area contributed by atoms with Crippen molar-refractivity contribution in [2.75, 3.05) is 5.32 Å². The van der Waals surface area contributed by atoms with Gasteiger partial charge in [0.25, 0.3) is 11.8 Å². The molecule has 25 heavy (non-hydrogen) atoms. The SMILES string of the molecule is CCC(Oc1ccccc1)C(=O)Nc1ccccc1/C=C/C(=O)NO. The van der Waals surface area contributed by atoms with Crippen LogP contribution in [0.25, 0.3) is 6.08 Å². The van der Waals surface area contributed by atoms with Gasteiger partial charge in [-0.15, -0.1) is 0 Å². The Morgan fingerprint density at radius 1 is 1.12 bits per heavy atom. The van der Waals surface area contributed by atoms with Crippen LogP contribution in [0, 0.1) is 0 Å². The summed E-state index contributed by atoms with van der Waals surface area (Å²) in [5.41, 5.74) is 2.70. The smallest absolute Gasteiger partial charge is 0.267 e. The highest BCUT2D eigenvalue weighted by Crippen LogP contribution is 2.19. The van der Waals surface area contributed by atoms with E-state index in [2.05, 4.69) is 5.32 Å². The van der Waals surface area contributed by atoms with Gasteiger partial charge in [0.1, 0.15) is 5.75 Å². The summed E-state index contributed by atoms with van der Waals surface area (Å²) >= 11 is 0. The van der Waals surface area contributed by atoms with Crippen LogP contribution < -0.4 is 15.5 Å². The predicted octanol–water partition coefficient (Wildman–Crippen LogP) is 3.00. The molecule has 2 amide bonds. The minimum absolute atomic E-state index is 0.279. The fraction of sp³-hybridized carbons (Fsp3) is 0.158. The van der Waals surface area contributed by atoms with Gasteiger partial charge in [0, 0.05) is 11.8 Å². The van der Waals surface area contributed by atoms with Crippen LogP contribution >= 0.6 is 0 Å². The van der Waals surface area contributed by atoms with Crippen molar-refractivity contribution < 1.29 is 19.5 Å². The summed E-state index contributed by atoms with van der Waals surface area (Å²) in [7, 11) is 0. The number of hydrogen-bond acceptors (Lipinski definition) is 4. The third-order valence-electron chi connectivity index (χ3n) is 3.43. The maximum atomic E-state index is 12.5. The highest BCUT2D eigenvalue weighted by Gasteiger charge is 2.19. The van der Waals surface area contributed by atoms with Crippen molar-refractivity contribution in [1.82, 2.24) is 5.48 Å². The molecule has 0 spiro atoms. The minimum atomic E-state index is -0.653. The molecule has 6 heteroatoms. The van der Waals surface area contributed by atoms with Crippen molar-refractivity contribution in [1.29, 1.82) is 0 Å². The van der Waals surface area contributed by atoms with Gasteiger partial charge in [0.05, 0.1) is 0 Å². The Kier molecular flexibility index (Phi) is 6.74. The van der Waals surface area contributed by atoms with Crippen LogP contribution in [0.15, 0.2) is 60.7 Å². The number of hydroxylamine groups is 1. The summed E-state index contributed by atoms with van der Waals surface area (Å²) in [6.45, 7) is 1.87. The van der Waals surface area contributed by atoms with Crippen molar-refractivity contribution in [3.63, 3.8) is 0 Å². The zero-order chi connectivity index (χ0) is 18.1. The van der Waals surface area contributed by atoms with Gasteiger partial charge in [-0.2, -0.15) is 0 Å². The summed E-state index contributed by atoms with van der Waals surface area (Å²) < 4.78 is 5.73.